The molecule has 3 aromatic rings. The fourth-order valence-electron chi connectivity index (χ4n) is 7.29. The summed E-state index contributed by atoms with van der Waals surface area (Å²) in [6.07, 6.45) is 16.0. The fourth-order valence-corrected chi connectivity index (χ4v) is 7.29. The molecule has 3 aromatic carbocycles. The van der Waals surface area contributed by atoms with E-state index in [0.717, 1.165) is 0 Å². The van der Waals surface area contributed by atoms with Crippen LogP contribution in [0.3, 0.4) is 0 Å². The summed E-state index contributed by atoms with van der Waals surface area (Å²) in [5.74, 6) is 1.60. The van der Waals surface area contributed by atoms with Crippen LogP contribution in [0.4, 0.5) is 0 Å². The van der Waals surface area contributed by atoms with Gasteiger partial charge in [0.25, 0.3) is 0 Å². The Bertz CT molecular complexity index is 1360. The lowest BCUT2D eigenvalue weighted by atomic mass is 9.34. The summed E-state index contributed by atoms with van der Waals surface area (Å²) in [6.45, 7) is 9.28. The first-order valence-electron chi connectivity index (χ1n) is 13.8. The Morgan fingerprint density at radius 1 is 0.730 bits per heavy atom. The highest BCUT2D eigenvalue weighted by Crippen LogP contribution is 2.46. The maximum atomic E-state index is 4.94. The van der Waals surface area contributed by atoms with Gasteiger partial charge in [0, 0.05) is 18.1 Å². The van der Waals surface area contributed by atoms with Crippen LogP contribution in [-0.2, 0) is 0 Å². The number of hydrogen-bond acceptors (Lipinski definition) is 1. The first-order valence-corrected chi connectivity index (χ1v) is 13.8. The molecule has 1 fully saturated rings. The van der Waals surface area contributed by atoms with Crippen molar-refractivity contribution in [2.75, 3.05) is 0 Å². The minimum Gasteiger partial charge on any atom is -0.289 e. The second-order valence-electron chi connectivity index (χ2n) is 11.3. The van der Waals surface area contributed by atoms with E-state index in [9.17, 15) is 0 Å². The van der Waals surface area contributed by atoms with Gasteiger partial charge in [0.15, 0.2) is 0 Å². The van der Waals surface area contributed by atoms with Crippen molar-refractivity contribution >= 4 is 34.9 Å². The van der Waals surface area contributed by atoms with Gasteiger partial charge in [-0.1, -0.05) is 124 Å². The highest BCUT2D eigenvalue weighted by atomic mass is 14.8. The van der Waals surface area contributed by atoms with Gasteiger partial charge in [0.05, 0.1) is 6.04 Å². The van der Waals surface area contributed by atoms with Gasteiger partial charge in [0.2, 0.25) is 6.71 Å². The second kappa shape index (κ2) is 9.82. The number of hydrogen-bond donors (Lipinski definition) is 0. The summed E-state index contributed by atoms with van der Waals surface area (Å²) < 4.78 is 0. The molecule has 3 aliphatic rings. The third-order valence-corrected chi connectivity index (χ3v) is 9.03. The van der Waals surface area contributed by atoms with E-state index in [4.69, 9.17) is 4.99 Å². The summed E-state index contributed by atoms with van der Waals surface area (Å²) in [5, 5.41) is 0. The maximum Gasteiger partial charge on any atom is 0.242 e. The van der Waals surface area contributed by atoms with Crippen LogP contribution in [0.15, 0.2) is 96.0 Å². The van der Waals surface area contributed by atoms with Crippen LogP contribution >= 0.6 is 0 Å². The van der Waals surface area contributed by atoms with Gasteiger partial charge < -0.3 is 0 Å². The Hall–Kier alpha value is -3.39. The van der Waals surface area contributed by atoms with E-state index in [1.54, 1.807) is 0 Å². The second-order valence-corrected chi connectivity index (χ2v) is 11.3. The molecule has 0 amide bonds. The molecule has 2 aliphatic carbocycles. The van der Waals surface area contributed by atoms with E-state index >= 15 is 0 Å². The van der Waals surface area contributed by atoms with Crippen molar-refractivity contribution in [3.8, 4) is 0 Å². The van der Waals surface area contributed by atoms with Crippen molar-refractivity contribution in [3.05, 3.63) is 119 Å². The zero-order chi connectivity index (χ0) is 25.5. The van der Waals surface area contributed by atoms with Crippen LogP contribution in [0.1, 0.15) is 40.7 Å². The Morgan fingerprint density at radius 3 is 2.05 bits per heavy atom. The monoisotopic (exact) mass is 481 g/mol. The normalized spacial score (nSPS) is 23.8. The number of benzene rings is 3. The highest BCUT2D eigenvalue weighted by Gasteiger charge is 2.40. The summed E-state index contributed by atoms with van der Waals surface area (Å²) >= 11 is 0. The number of allylic oxidation sites excluding steroid dienone is 4. The lowest BCUT2D eigenvalue weighted by Gasteiger charge is -2.42. The smallest absolute Gasteiger partial charge is 0.242 e. The van der Waals surface area contributed by atoms with E-state index in [-0.39, 0.29) is 6.71 Å². The van der Waals surface area contributed by atoms with Crippen LogP contribution in [0, 0.1) is 45.4 Å². The van der Waals surface area contributed by atoms with E-state index in [0.29, 0.717) is 23.8 Å². The molecule has 0 aromatic heterocycles. The van der Waals surface area contributed by atoms with Crippen molar-refractivity contribution < 1.29 is 0 Å². The molecule has 0 N–H and O–H groups in total. The quantitative estimate of drug-likeness (QED) is 0.403. The van der Waals surface area contributed by atoms with E-state index in [1.807, 2.05) is 6.21 Å². The van der Waals surface area contributed by atoms with Gasteiger partial charge in [-0.05, 0) is 63.7 Å². The molecule has 4 unspecified atom stereocenters. The van der Waals surface area contributed by atoms with Crippen LogP contribution < -0.4 is 16.4 Å². The molecule has 37 heavy (non-hydrogen) atoms. The van der Waals surface area contributed by atoms with Gasteiger partial charge in [-0.2, -0.15) is 0 Å². The van der Waals surface area contributed by atoms with Crippen molar-refractivity contribution in [2.24, 2.45) is 22.7 Å². The molecule has 1 nitrogen and oxygen atoms in total. The number of rotatable bonds is 4. The molecule has 0 saturated heterocycles. The molecule has 2 heteroatoms. The zero-order valence-electron chi connectivity index (χ0n) is 22.5. The van der Waals surface area contributed by atoms with Gasteiger partial charge in [0.1, 0.15) is 0 Å². The molecule has 1 saturated carbocycles. The highest BCUT2D eigenvalue weighted by molar-refractivity contribution is 6.96. The van der Waals surface area contributed by atoms with Crippen molar-refractivity contribution in [1.82, 2.24) is 0 Å². The van der Waals surface area contributed by atoms with Gasteiger partial charge >= 0.3 is 0 Å². The first kappa shape index (κ1) is 24.0. The average Bonchev–Trinajstić information content (AvgIpc) is 2.91. The molecule has 0 radical (unpaired) electrons. The molecule has 0 bridgehead atoms. The summed E-state index contributed by atoms with van der Waals surface area (Å²) in [5.41, 5.74) is 12.6. The van der Waals surface area contributed by atoms with Crippen molar-refractivity contribution in [2.45, 2.75) is 46.6 Å². The van der Waals surface area contributed by atoms with Gasteiger partial charge in [-0.15, -0.1) is 0 Å². The predicted molar refractivity (Wildman–Crippen MR) is 161 cm³/mol. The maximum absolute atomic E-state index is 4.94. The molecule has 1 aliphatic heterocycles. The number of aryl methyl sites for hydroxylation is 4. The number of nitrogens with zero attached hydrogens (tertiary/aromatic N) is 1. The van der Waals surface area contributed by atoms with Crippen molar-refractivity contribution in [3.63, 3.8) is 0 Å². The number of aliphatic imine (C=N–C) groups is 1. The van der Waals surface area contributed by atoms with Gasteiger partial charge in [-0.3, -0.25) is 4.99 Å². The minimum atomic E-state index is 0.210. The Morgan fingerprint density at radius 2 is 1.38 bits per heavy atom. The largest absolute Gasteiger partial charge is 0.289 e. The third-order valence-electron chi connectivity index (χ3n) is 9.03. The summed E-state index contributed by atoms with van der Waals surface area (Å²) in [7, 11) is 0. The van der Waals surface area contributed by atoms with E-state index in [2.05, 4.69) is 119 Å². The van der Waals surface area contributed by atoms with E-state index in [1.165, 1.54) is 62.6 Å². The topological polar surface area (TPSA) is 12.4 Å². The number of dihydropyridines is 1. The standard InChI is InChI=1S/C35H36BN/c1-23-10-5-11-24(2)33(23)36(34-25(3)12-6-13-26(34)4)29-16-7-14-28(22-29)30-17-8-18-32-31(30)20-19-27-15-9-21-37-35(27)32/h5-18,21-22,27,31-32,35H,19-20H2,1-4H3. The minimum absolute atomic E-state index is 0.210. The fraction of sp³-hybridized carbons (Fsp3) is 0.286. The van der Waals surface area contributed by atoms with Crippen LogP contribution in [0.5, 0.6) is 0 Å². The third kappa shape index (κ3) is 4.27. The molecule has 0 spiro atoms. The summed E-state index contributed by atoms with van der Waals surface area (Å²) in [6, 6.07) is 23.3. The van der Waals surface area contributed by atoms with Crippen molar-refractivity contribution in [1.29, 1.82) is 0 Å². The Kier molecular flexibility index (Phi) is 6.36. The molecule has 1 heterocycles. The van der Waals surface area contributed by atoms with E-state index < -0.39 is 0 Å². The van der Waals surface area contributed by atoms with Crippen LogP contribution in [-0.4, -0.2) is 19.0 Å². The molecule has 184 valence electrons. The number of fused-ring (bicyclic) bond motifs is 3. The summed E-state index contributed by atoms with van der Waals surface area (Å²) in [4.78, 5) is 4.94. The van der Waals surface area contributed by atoms with Crippen LogP contribution in [0.25, 0.3) is 5.57 Å². The lowest BCUT2D eigenvalue weighted by Crippen LogP contribution is -2.55. The predicted octanol–water partition coefficient (Wildman–Crippen LogP) is 6.04. The molecule has 4 atom stereocenters. The lowest BCUT2D eigenvalue weighted by molar-refractivity contribution is 0.249. The zero-order valence-corrected chi connectivity index (χ0v) is 22.5. The SMILES string of the molecule is Cc1cccc(C)c1B(c1cccc(C2=CC=CC3C2CCC2C=CC=NC23)c1)c1c(C)cccc1C. The molecular formula is C35H36BN. The molecular weight excluding hydrogens is 445 g/mol. The average molecular weight is 481 g/mol. The Balaban J connectivity index is 1.46. The first-order chi connectivity index (χ1) is 18.0. The molecule has 6 rings (SSSR count). The van der Waals surface area contributed by atoms with Gasteiger partial charge in [-0.25, -0.2) is 0 Å². The Labute approximate surface area is 222 Å². The van der Waals surface area contributed by atoms with Crippen LogP contribution in [0.2, 0.25) is 0 Å².